The van der Waals surface area contributed by atoms with Gasteiger partial charge in [-0.2, -0.15) is 16.8 Å². The van der Waals surface area contributed by atoms with E-state index in [1.54, 1.807) is 0 Å². The van der Waals surface area contributed by atoms with Gasteiger partial charge in [-0.25, -0.2) is 8.37 Å². The van der Waals surface area contributed by atoms with Crippen LogP contribution in [0.5, 0.6) is 0 Å². The van der Waals surface area contributed by atoms with Crippen LogP contribution in [0, 0.1) is 46.3 Å². The molecule has 3 fully saturated rings. The molecule has 38 heavy (non-hydrogen) atoms. The molecule has 0 aliphatic heterocycles. The van der Waals surface area contributed by atoms with Crippen molar-refractivity contribution in [2.75, 3.05) is 6.61 Å². The summed E-state index contributed by atoms with van der Waals surface area (Å²) in [5.41, 5.74) is 2.49. The maximum atomic E-state index is 11.5. The van der Waals surface area contributed by atoms with Crippen molar-refractivity contribution in [3.05, 3.63) is 23.8 Å². The zero-order valence-corrected chi connectivity index (χ0v) is 24.9. The average Bonchev–Trinajstić information content (AvgIpc) is 3.14. The molecule has 8 atom stereocenters. The van der Waals surface area contributed by atoms with E-state index in [-0.39, 0.29) is 23.4 Å². The van der Waals surface area contributed by atoms with Crippen LogP contribution in [0.2, 0.25) is 0 Å². The van der Waals surface area contributed by atoms with E-state index in [1.807, 2.05) is 0 Å². The molecule has 10 heteroatoms. The van der Waals surface area contributed by atoms with E-state index in [4.69, 9.17) is 12.9 Å². The molecule has 4 aliphatic carbocycles. The Bertz CT molecular complexity index is 1140. The van der Waals surface area contributed by atoms with Crippen molar-refractivity contribution in [1.29, 1.82) is 0 Å². The molecule has 4 rings (SSSR count). The lowest BCUT2D eigenvalue weighted by Gasteiger charge is -2.58. The van der Waals surface area contributed by atoms with Crippen LogP contribution in [0.3, 0.4) is 0 Å². The van der Waals surface area contributed by atoms with Gasteiger partial charge in [0.25, 0.3) is 0 Å². The molecule has 0 radical (unpaired) electrons. The maximum absolute atomic E-state index is 11.5. The molecule has 0 heterocycles. The van der Waals surface area contributed by atoms with E-state index in [0.29, 0.717) is 42.4 Å². The Hall–Kier alpha value is -0.780. The van der Waals surface area contributed by atoms with Crippen LogP contribution in [0.1, 0.15) is 91.9 Å². The van der Waals surface area contributed by atoms with E-state index in [9.17, 15) is 21.4 Å². The van der Waals surface area contributed by atoms with Gasteiger partial charge in [-0.05, 0) is 111 Å². The molecule has 0 aromatic heterocycles. The summed E-state index contributed by atoms with van der Waals surface area (Å²) in [6, 6.07) is 0. The highest BCUT2D eigenvalue weighted by Crippen LogP contribution is 2.67. The lowest BCUT2D eigenvalue weighted by Crippen LogP contribution is -2.51. The smallest absolute Gasteiger partial charge is 0.264 e. The Kier molecular flexibility index (Phi) is 8.65. The summed E-state index contributed by atoms with van der Waals surface area (Å²) < 4.78 is 73.9. The minimum Gasteiger partial charge on any atom is -0.264 e. The summed E-state index contributed by atoms with van der Waals surface area (Å²) >= 11 is 0. The third kappa shape index (κ3) is 6.25. The first-order valence-electron chi connectivity index (χ1n) is 14.2. The number of rotatable bonds is 10. The molecule has 4 aliphatic rings. The number of hydrogen-bond donors (Lipinski definition) is 2. The minimum absolute atomic E-state index is 0.00218. The Morgan fingerprint density at radius 2 is 1.76 bits per heavy atom. The van der Waals surface area contributed by atoms with Crippen LogP contribution in [-0.4, -0.2) is 38.7 Å². The van der Waals surface area contributed by atoms with Crippen molar-refractivity contribution < 1.29 is 34.3 Å². The fourth-order valence-corrected chi connectivity index (χ4v) is 9.79. The van der Waals surface area contributed by atoms with Crippen molar-refractivity contribution in [3.63, 3.8) is 0 Å². The van der Waals surface area contributed by atoms with E-state index < -0.39 is 26.9 Å². The molecular weight excluding hydrogens is 528 g/mol. The lowest BCUT2D eigenvalue weighted by atomic mass is 9.47. The SMILES string of the molecule is C=C(CC[C@@H](COS(=O)(=O)O)[C@H]1CCC2C3CC=C4C[C@H](OS(=O)(=O)O)CC[C@]4(C)C3CC[C@@]21C)C(C)C. The standard InChI is InChI=1S/C28H46O8S2/c1-18(2)19(3)6-7-20(17-35-37(29,30)31)24-10-11-25-23-9-8-21-16-22(36-38(32,33)34)12-14-27(21,4)26(23)13-15-28(24,25)5/h8,18,20,22-26H,3,6-7,9-17H2,1-2,4-5H3,(H,29,30,31)(H,32,33,34)/t20-,22+,23?,24+,25?,26?,27-,28+/m0/s1. The van der Waals surface area contributed by atoms with E-state index in [1.165, 1.54) is 5.57 Å². The monoisotopic (exact) mass is 574 g/mol. The largest absolute Gasteiger partial charge is 0.397 e. The van der Waals surface area contributed by atoms with Gasteiger partial charge in [0.1, 0.15) is 0 Å². The summed E-state index contributed by atoms with van der Waals surface area (Å²) in [6.07, 6.45) is 10.6. The van der Waals surface area contributed by atoms with Gasteiger partial charge >= 0.3 is 20.8 Å². The molecule has 0 spiro atoms. The molecule has 0 aromatic carbocycles. The van der Waals surface area contributed by atoms with Gasteiger partial charge in [0.2, 0.25) is 0 Å². The summed E-state index contributed by atoms with van der Waals surface area (Å²) in [5.74, 6) is 2.26. The highest BCUT2D eigenvalue weighted by molar-refractivity contribution is 7.81. The molecule has 8 nitrogen and oxygen atoms in total. The van der Waals surface area contributed by atoms with E-state index in [0.717, 1.165) is 56.9 Å². The highest BCUT2D eigenvalue weighted by Gasteiger charge is 2.59. The van der Waals surface area contributed by atoms with Crippen LogP contribution in [-0.2, 0) is 29.2 Å². The van der Waals surface area contributed by atoms with Crippen molar-refractivity contribution in [2.24, 2.45) is 46.3 Å². The van der Waals surface area contributed by atoms with E-state index in [2.05, 4.69) is 40.3 Å². The van der Waals surface area contributed by atoms with Crippen molar-refractivity contribution >= 4 is 20.8 Å². The van der Waals surface area contributed by atoms with Gasteiger partial charge in [0.15, 0.2) is 0 Å². The normalized spacial score (nSPS) is 38.2. The fraction of sp³-hybridized carbons (Fsp3) is 0.857. The van der Waals surface area contributed by atoms with Gasteiger partial charge in [-0.3, -0.25) is 9.11 Å². The summed E-state index contributed by atoms with van der Waals surface area (Å²) in [7, 11) is -8.97. The van der Waals surface area contributed by atoms with Gasteiger partial charge in [0.05, 0.1) is 12.7 Å². The molecule has 0 amide bonds. The summed E-state index contributed by atoms with van der Waals surface area (Å²) in [6.45, 7) is 13.2. The second-order valence-corrected chi connectivity index (χ2v) is 15.3. The van der Waals surface area contributed by atoms with Crippen LogP contribution >= 0.6 is 0 Å². The maximum Gasteiger partial charge on any atom is 0.397 e. The minimum atomic E-state index is -4.50. The van der Waals surface area contributed by atoms with Crippen molar-refractivity contribution in [2.45, 2.75) is 98.0 Å². The number of allylic oxidation sites excluding steroid dienone is 2. The average molecular weight is 575 g/mol. The van der Waals surface area contributed by atoms with Crippen LogP contribution in [0.15, 0.2) is 23.8 Å². The first kappa shape index (κ1) is 30.2. The zero-order chi connectivity index (χ0) is 28.1. The molecule has 0 saturated heterocycles. The van der Waals surface area contributed by atoms with Gasteiger partial charge in [0, 0.05) is 0 Å². The lowest BCUT2D eigenvalue weighted by molar-refractivity contribution is -0.0602. The topological polar surface area (TPSA) is 127 Å². The number of hydrogen-bond acceptors (Lipinski definition) is 6. The predicted octanol–water partition coefficient (Wildman–Crippen LogP) is 6.18. The molecule has 3 unspecified atom stereocenters. The van der Waals surface area contributed by atoms with Crippen molar-refractivity contribution in [3.8, 4) is 0 Å². The van der Waals surface area contributed by atoms with Gasteiger partial charge in [-0.1, -0.05) is 51.5 Å². The molecular formula is C28H46O8S2. The fourth-order valence-electron chi connectivity index (χ4n) is 8.93. The van der Waals surface area contributed by atoms with Crippen LogP contribution in [0.4, 0.5) is 0 Å². The second kappa shape index (κ2) is 10.9. The summed E-state index contributed by atoms with van der Waals surface area (Å²) in [4.78, 5) is 0. The summed E-state index contributed by atoms with van der Waals surface area (Å²) in [5, 5.41) is 0. The van der Waals surface area contributed by atoms with Gasteiger partial charge in [-0.15, -0.1) is 0 Å². The Morgan fingerprint density at radius 1 is 1.05 bits per heavy atom. The third-order valence-corrected chi connectivity index (χ3v) is 12.0. The number of fused-ring (bicyclic) bond motifs is 5. The van der Waals surface area contributed by atoms with Crippen molar-refractivity contribution in [1.82, 2.24) is 0 Å². The molecule has 218 valence electrons. The molecule has 0 bridgehead atoms. The first-order chi connectivity index (χ1) is 17.5. The Labute approximate surface area is 229 Å². The zero-order valence-electron chi connectivity index (χ0n) is 23.3. The van der Waals surface area contributed by atoms with Gasteiger partial charge < -0.3 is 0 Å². The Balaban J connectivity index is 1.53. The van der Waals surface area contributed by atoms with Crippen LogP contribution < -0.4 is 0 Å². The molecule has 2 N–H and O–H groups in total. The second-order valence-electron chi connectivity index (χ2n) is 13.2. The third-order valence-electron chi connectivity index (χ3n) is 11.0. The predicted molar refractivity (Wildman–Crippen MR) is 146 cm³/mol. The highest BCUT2D eigenvalue weighted by atomic mass is 32.3. The quantitative estimate of drug-likeness (QED) is 0.234. The van der Waals surface area contributed by atoms with E-state index >= 15 is 0 Å². The Morgan fingerprint density at radius 3 is 2.39 bits per heavy atom. The molecule has 3 saturated carbocycles. The first-order valence-corrected chi connectivity index (χ1v) is 16.9. The van der Waals surface area contributed by atoms with Crippen LogP contribution in [0.25, 0.3) is 0 Å². The molecule has 0 aromatic rings.